The van der Waals surface area contributed by atoms with Crippen molar-refractivity contribution in [2.75, 3.05) is 46.6 Å². The lowest BCUT2D eigenvalue weighted by atomic mass is 10.2. The normalized spacial score (nSPS) is 14.0. The molecule has 0 spiro atoms. The highest BCUT2D eigenvalue weighted by Gasteiger charge is 2.31. The van der Waals surface area contributed by atoms with Gasteiger partial charge in [0.05, 0.1) is 0 Å². The Labute approximate surface area is 200 Å². The van der Waals surface area contributed by atoms with Crippen LogP contribution >= 0.6 is 0 Å². The summed E-state index contributed by atoms with van der Waals surface area (Å²) >= 11 is 0. The first-order valence-corrected chi connectivity index (χ1v) is 10.9. The fraction of sp³-hybridized carbons (Fsp3) is 0.304. The van der Waals surface area contributed by atoms with E-state index in [1.165, 1.54) is 25.4 Å². The van der Waals surface area contributed by atoms with E-state index >= 15 is 0 Å². The van der Waals surface area contributed by atoms with E-state index in [0.717, 1.165) is 16.9 Å². The number of rotatable bonds is 6. The molecule has 4 rings (SSSR count). The molecule has 0 atom stereocenters. The number of piperazine rings is 1. The average molecular weight is 487 g/mol. The van der Waals surface area contributed by atoms with Gasteiger partial charge in [0.15, 0.2) is 0 Å². The van der Waals surface area contributed by atoms with Gasteiger partial charge in [0, 0.05) is 50.2 Å². The zero-order valence-electron chi connectivity index (χ0n) is 19.1. The van der Waals surface area contributed by atoms with Crippen molar-refractivity contribution in [3.05, 3.63) is 54.4 Å². The van der Waals surface area contributed by atoms with Crippen molar-refractivity contribution in [2.45, 2.75) is 20.2 Å². The number of benzene rings is 2. The minimum Gasteiger partial charge on any atom is -0.406 e. The molecule has 2 heterocycles. The summed E-state index contributed by atoms with van der Waals surface area (Å²) in [5.41, 5.74) is 3.17. The minimum atomic E-state index is -4.71. The van der Waals surface area contributed by atoms with Crippen LogP contribution in [0.1, 0.15) is 12.5 Å². The Morgan fingerprint density at radius 2 is 1.69 bits per heavy atom. The summed E-state index contributed by atoms with van der Waals surface area (Å²) in [6, 6.07) is 11.4. The number of hydrogen-bond donors (Lipinski definition) is 2. The second kappa shape index (κ2) is 10.0. The lowest BCUT2D eigenvalue weighted by Gasteiger charge is -2.36. The zero-order chi connectivity index (χ0) is 25.0. The quantitative estimate of drug-likeness (QED) is 0.537. The van der Waals surface area contributed by atoms with Gasteiger partial charge in [-0.1, -0.05) is 6.07 Å². The number of nitrogens with zero attached hydrogens (tertiary/aromatic N) is 5. The van der Waals surface area contributed by atoms with Gasteiger partial charge in [-0.25, -0.2) is 9.97 Å². The highest BCUT2D eigenvalue weighted by Crippen LogP contribution is 2.27. The SMILES string of the molecule is CC(=O)Nc1cc(Nc2ncnc(N3CCN(c4ccc(OC(F)(F)F)cc4)CC3)n2)ccc1C. The third kappa shape index (κ3) is 6.49. The number of aromatic nitrogens is 3. The third-order valence-electron chi connectivity index (χ3n) is 5.36. The van der Waals surface area contributed by atoms with Gasteiger partial charge in [-0.2, -0.15) is 4.98 Å². The van der Waals surface area contributed by atoms with E-state index in [-0.39, 0.29) is 11.7 Å². The maximum atomic E-state index is 12.4. The van der Waals surface area contributed by atoms with E-state index in [1.807, 2.05) is 30.0 Å². The fourth-order valence-electron chi connectivity index (χ4n) is 3.68. The van der Waals surface area contributed by atoms with Gasteiger partial charge in [0.1, 0.15) is 12.1 Å². The summed E-state index contributed by atoms with van der Waals surface area (Å²) in [6.07, 6.45) is -3.28. The number of carbonyl (C=O) groups is 1. The van der Waals surface area contributed by atoms with Crippen LogP contribution in [-0.2, 0) is 4.79 Å². The van der Waals surface area contributed by atoms with Crippen LogP contribution < -0.4 is 25.2 Å². The van der Waals surface area contributed by atoms with Crippen molar-refractivity contribution >= 4 is 34.9 Å². The highest BCUT2D eigenvalue weighted by atomic mass is 19.4. The van der Waals surface area contributed by atoms with Gasteiger partial charge < -0.3 is 25.2 Å². The molecule has 2 aromatic carbocycles. The summed E-state index contributed by atoms with van der Waals surface area (Å²) in [4.78, 5) is 28.5. The first-order valence-electron chi connectivity index (χ1n) is 10.9. The molecule has 2 N–H and O–H groups in total. The number of amides is 1. The van der Waals surface area contributed by atoms with Gasteiger partial charge in [-0.15, -0.1) is 13.2 Å². The summed E-state index contributed by atoms with van der Waals surface area (Å²) in [5, 5.41) is 5.93. The van der Waals surface area contributed by atoms with E-state index in [4.69, 9.17) is 0 Å². The number of aryl methyl sites for hydroxylation is 1. The fourth-order valence-corrected chi connectivity index (χ4v) is 3.68. The molecule has 0 saturated carbocycles. The molecule has 1 aliphatic heterocycles. The van der Waals surface area contributed by atoms with Gasteiger partial charge in [-0.3, -0.25) is 4.79 Å². The van der Waals surface area contributed by atoms with Crippen molar-refractivity contribution in [2.24, 2.45) is 0 Å². The summed E-state index contributed by atoms with van der Waals surface area (Å²) < 4.78 is 41.0. The number of nitrogens with one attached hydrogen (secondary N) is 2. The molecule has 0 radical (unpaired) electrons. The maximum Gasteiger partial charge on any atom is 0.573 e. The molecule has 3 aromatic rings. The molecule has 1 amide bonds. The molecule has 1 aromatic heterocycles. The van der Waals surface area contributed by atoms with Crippen LogP contribution in [0.2, 0.25) is 0 Å². The standard InChI is InChI=1S/C23H24F3N7O2/c1-15-3-4-17(13-20(15)29-16(2)34)30-21-27-14-28-22(31-21)33-11-9-32(10-12-33)18-5-7-19(8-6-18)35-23(24,25)26/h3-8,13-14H,9-12H2,1-2H3,(H,29,34)(H,27,28,30,31). The Morgan fingerprint density at radius 3 is 2.34 bits per heavy atom. The van der Waals surface area contributed by atoms with Crippen molar-refractivity contribution in [3.8, 4) is 5.75 Å². The predicted molar refractivity (Wildman–Crippen MR) is 126 cm³/mol. The molecular weight excluding hydrogens is 463 g/mol. The number of carbonyl (C=O) groups excluding carboxylic acids is 1. The Kier molecular flexibility index (Phi) is 6.90. The zero-order valence-corrected chi connectivity index (χ0v) is 19.1. The molecule has 9 nitrogen and oxygen atoms in total. The van der Waals surface area contributed by atoms with Crippen molar-refractivity contribution in [3.63, 3.8) is 0 Å². The molecule has 12 heteroatoms. The van der Waals surface area contributed by atoms with Crippen LogP contribution in [-0.4, -0.2) is 53.4 Å². The van der Waals surface area contributed by atoms with Crippen LogP contribution in [0.3, 0.4) is 0 Å². The van der Waals surface area contributed by atoms with E-state index in [1.54, 1.807) is 12.1 Å². The monoisotopic (exact) mass is 487 g/mol. The number of ether oxygens (including phenoxy) is 1. The van der Waals surface area contributed by atoms with E-state index in [2.05, 4.69) is 35.2 Å². The molecule has 1 aliphatic rings. The Morgan fingerprint density at radius 1 is 1.00 bits per heavy atom. The molecule has 0 unspecified atom stereocenters. The Hall–Kier alpha value is -4.09. The first-order chi connectivity index (χ1) is 16.7. The Balaban J connectivity index is 1.37. The van der Waals surface area contributed by atoms with Crippen LogP contribution in [0.15, 0.2) is 48.8 Å². The van der Waals surface area contributed by atoms with Crippen molar-refractivity contribution < 1.29 is 22.7 Å². The van der Waals surface area contributed by atoms with Crippen LogP contribution in [0.5, 0.6) is 5.75 Å². The average Bonchev–Trinajstić information content (AvgIpc) is 2.81. The van der Waals surface area contributed by atoms with Crippen molar-refractivity contribution in [1.82, 2.24) is 15.0 Å². The van der Waals surface area contributed by atoms with Crippen LogP contribution in [0.4, 0.5) is 42.1 Å². The van der Waals surface area contributed by atoms with E-state index in [0.29, 0.717) is 43.8 Å². The van der Waals surface area contributed by atoms with Crippen molar-refractivity contribution in [1.29, 1.82) is 0 Å². The third-order valence-corrected chi connectivity index (χ3v) is 5.36. The molecule has 1 fully saturated rings. The number of halogens is 3. The van der Waals surface area contributed by atoms with Gasteiger partial charge in [0.25, 0.3) is 0 Å². The molecule has 184 valence electrons. The molecule has 0 bridgehead atoms. The van der Waals surface area contributed by atoms with E-state index < -0.39 is 6.36 Å². The van der Waals surface area contributed by atoms with Gasteiger partial charge in [0.2, 0.25) is 17.8 Å². The van der Waals surface area contributed by atoms with Gasteiger partial charge >= 0.3 is 6.36 Å². The lowest BCUT2D eigenvalue weighted by Crippen LogP contribution is -2.47. The second-order valence-electron chi connectivity index (χ2n) is 7.96. The maximum absolute atomic E-state index is 12.4. The second-order valence-corrected chi connectivity index (χ2v) is 7.96. The minimum absolute atomic E-state index is 0.155. The predicted octanol–water partition coefficient (Wildman–Crippen LogP) is 4.11. The molecule has 1 saturated heterocycles. The molecule has 0 aliphatic carbocycles. The molecular formula is C23H24F3N7O2. The van der Waals surface area contributed by atoms with Gasteiger partial charge in [-0.05, 0) is 48.9 Å². The van der Waals surface area contributed by atoms with Crippen LogP contribution in [0.25, 0.3) is 0 Å². The molecule has 35 heavy (non-hydrogen) atoms. The smallest absolute Gasteiger partial charge is 0.406 e. The van der Waals surface area contributed by atoms with E-state index in [9.17, 15) is 18.0 Å². The summed E-state index contributed by atoms with van der Waals surface area (Å²) in [6.45, 7) is 5.90. The summed E-state index contributed by atoms with van der Waals surface area (Å²) in [5.74, 6) is 0.487. The largest absolute Gasteiger partial charge is 0.573 e. The van der Waals surface area contributed by atoms with Crippen LogP contribution in [0, 0.1) is 6.92 Å². The number of hydrogen-bond acceptors (Lipinski definition) is 8. The summed E-state index contributed by atoms with van der Waals surface area (Å²) in [7, 11) is 0. The lowest BCUT2D eigenvalue weighted by molar-refractivity contribution is -0.274. The number of alkyl halides is 3. The Bertz CT molecular complexity index is 1180. The number of anilines is 5. The first kappa shape index (κ1) is 24.0. The highest BCUT2D eigenvalue weighted by molar-refractivity contribution is 5.90. The topological polar surface area (TPSA) is 95.5 Å².